The van der Waals surface area contributed by atoms with Crippen molar-refractivity contribution in [2.24, 2.45) is 5.92 Å². The maximum Gasteiger partial charge on any atom is 0.246 e. The Kier molecular flexibility index (Phi) is 2.88. The highest BCUT2D eigenvalue weighted by Crippen LogP contribution is 2.32. The molecule has 0 spiro atoms. The summed E-state index contributed by atoms with van der Waals surface area (Å²) in [5.41, 5.74) is 1.60. The molecule has 0 radical (unpaired) electrons. The zero-order valence-corrected chi connectivity index (χ0v) is 10.3. The first-order valence-corrected chi connectivity index (χ1v) is 5.69. The Balaban J connectivity index is 2.47. The second-order valence-electron chi connectivity index (χ2n) is 4.52. The van der Waals surface area contributed by atoms with Gasteiger partial charge < -0.3 is 9.80 Å². The van der Waals surface area contributed by atoms with E-state index in [1.54, 1.807) is 16.8 Å². The summed E-state index contributed by atoms with van der Waals surface area (Å²) < 4.78 is 0. The molecule has 0 aliphatic carbocycles. The van der Waals surface area contributed by atoms with Crippen LogP contribution in [0.1, 0.15) is 13.8 Å². The molecule has 1 aliphatic heterocycles. The van der Waals surface area contributed by atoms with Gasteiger partial charge in [-0.05, 0) is 12.1 Å². The number of hydrogen-bond acceptors (Lipinski definition) is 2. The van der Waals surface area contributed by atoms with Gasteiger partial charge in [0.2, 0.25) is 11.8 Å². The minimum absolute atomic E-state index is 0.0149. The number of benzene rings is 1. The molecule has 1 aliphatic rings. The summed E-state index contributed by atoms with van der Waals surface area (Å²) in [6, 6.07) is 7.47. The number of carbonyl (C=O) groups is 2. The van der Waals surface area contributed by atoms with Crippen LogP contribution in [0.25, 0.3) is 0 Å². The molecule has 0 fully saturated rings. The normalized spacial score (nSPS) is 15.2. The highest BCUT2D eigenvalue weighted by Gasteiger charge is 2.30. The average molecular weight is 232 g/mol. The Hall–Kier alpha value is -1.84. The van der Waals surface area contributed by atoms with E-state index in [0.717, 1.165) is 11.4 Å². The molecule has 0 unspecified atom stereocenters. The minimum Gasteiger partial charge on any atom is -0.312 e. The van der Waals surface area contributed by atoms with Crippen molar-refractivity contribution >= 4 is 23.2 Å². The fourth-order valence-corrected chi connectivity index (χ4v) is 1.95. The minimum atomic E-state index is -0.112. The number of anilines is 2. The van der Waals surface area contributed by atoms with E-state index < -0.39 is 0 Å². The maximum atomic E-state index is 12.1. The van der Waals surface area contributed by atoms with Crippen LogP contribution >= 0.6 is 0 Å². The van der Waals surface area contributed by atoms with Crippen LogP contribution in [0.3, 0.4) is 0 Å². The molecule has 0 saturated carbocycles. The van der Waals surface area contributed by atoms with Crippen LogP contribution in [0.15, 0.2) is 24.3 Å². The van der Waals surface area contributed by atoms with Crippen LogP contribution in [-0.2, 0) is 9.59 Å². The number of hydrogen-bond donors (Lipinski definition) is 0. The Morgan fingerprint density at radius 3 is 2.41 bits per heavy atom. The number of likely N-dealkylation sites (N-methyl/N-ethyl adjacent to an activating group) is 1. The highest BCUT2D eigenvalue weighted by atomic mass is 16.2. The van der Waals surface area contributed by atoms with E-state index in [2.05, 4.69) is 0 Å². The van der Waals surface area contributed by atoms with Crippen molar-refractivity contribution < 1.29 is 9.59 Å². The van der Waals surface area contributed by atoms with Gasteiger partial charge in [-0.25, -0.2) is 0 Å². The number of para-hydroxylation sites is 2. The van der Waals surface area contributed by atoms with Crippen molar-refractivity contribution in [3.63, 3.8) is 0 Å². The molecule has 0 atom stereocenters. The molecule has 90 valence electrons. The first kappa shape index (κ1) is 11.6. The van der Waals surface area contributed by atoms with Crippen LogP contribution < -0.4 is 9.80 Å². The lowest BCUT2D eigenvalue weighted by Gasteiger charge is -2.34. The molecule has 1 aromatic carbocycles. The lowest BCUT2D eigenvalue weighted by Crippen LogP contribution is -2.47. The molecule has 2 rings (SSSR count). The van der Waals surface area contributed by atoms with E-state index in [4.69, 9.17) is 0 Å². The molecule has 4 heteroatoms. The van der Waals surface area contributed by atoms with Crippen molar-refractivity contribution in [2.45, 2.75) is 13.8 Å². The van der Waals surface area contributed by atoms with Crippen LogP contribution in [0, 0.1) is 5.92 Å². The summed E-state index contributed by atoms with van der Waals surface area (Å²) >= 11 is 0. The Morgan fingerprint density at radius 1 is 1.24 bits per heavy atom. The van der Waals surface area contributed by atoms with Crippen LogP contribution in [0.4, 0.5) is 11.4 Å². The maximum absolute atomic E-state index is 12.1. The summed E-state index contributed by atoms with van der Waals surface area (Å²) in [5, 5.41) is 0. The number of rotatable bonds is 1. The summed E-state index contributed by atoms with van der Waals surface area (Å²) in [7, 11) is 1.73. The molecule has 1 heterocycles. The summed E-state index contributed by atoms with van der Waals surface area (Å²) in [5.74, 6) is -0.184. The van der Waals surface area contributed by atoms with Gasteiger partial charge in [-0.1, -0.05) is 26.0 Å². The number of nitrogens with zero attached hydrogens (tertiary/aromatic N) is 2. The van der Waals surface area contributed by atoms with Gasteiger partial charge in [0.15, 0.2) is 0 Å². The van der Waals surface area contributed by atoms with Gasteiger partial charge in [-0.15, -0.1) is 0 Å². The predicted molar refractivity (Wildman–Crippen MR) is 67.0 cm³/mol. The van der Waals surface area contributed by atoms with Gasteiger partial charge in [0.25, 0.3) is 0 Å². The second kappa shape index (κ2) is 4.20. The molecule has 0 saturated heterocycles. The Labute approximate surface area is 101 Å². The zero-order chi connectivity index (χ0) is 12.6. The van der Waals surface area contributed by atoms with Crippen molar-refractivity contribution in [3.8, 4) is 0 Å². The van der Waals surface area contributed by atoms with Crippen LogP contribution in [-0.4, -0.2) is 25.4 Å². The van der Waals surface area contributed by atoms with Crippen molar-refractivity contribution in [3.05, 3.63) is 24.3 Å². The van der Waals surface area contributed by atoms with Crippen molar-refractivity contribution in [2.75, 3.05) is 23.4 Å². The summed E-state index contributed by atoms with van der Waals surface area (Å²) in [6.45, 7) is 3.81. The van der Waals surface area contributed by atoms with Gasteiger partial charge in [-0.2, -0.15) is 0 Å². The molecule has 4 nitrogen and oxygen atoms in total. The fourth-order valence-electron chi connectivity index (χ4n) is 1.95. The molecule has 17 heavy (non-hydrogen) atoms. The lowest BCUT2D eigenvalue weighted by atomic mass is 10.1. The van der Waals surface area contributed by atoms with Gasteiger partial charge in [0.05, 0.1) is 11.4 Å². The van der Waals surface area contributed by atoms with E-state index in [0.29, 0.717) is 0 Å². The first-order valence-electron chi connectivity index (χ1n) is 5.69. The third-order valence-corrected chi connectivity index (χ3v) is 2.96. The van der Waals surface area contributed by atoms with E-state index in [9.17, 15) is 9.59 Å². The molecule has 2 amide bonds. The molecule has 1 aromatic rings. The Bertz CT molecular complexity index is 468. The molecule has 0 aromatic heterocycles. The SMILES string of the molecule is CC(C)C(=O)N1CC(=O)N(C)c2ccccc21. The van der Waals surface area contributed by atoms with Crippen LogP contribution in [0.5, 0.6) is 0 Å². The second-order valence-corrected chi connectivity index (χ2v) is 4.52. The summed E-state index contributed by atoms with van der Waals surface area (Å²) in [6.07, 6.45) is 0. The van der Waals surface area contributed by atoms with Gasteiger partial charge >= 0.3 is 0 Å². The predicted octanol–water partition coefficient (Wildman–Crippen LogP) is 1.65. The van der Waals surface area contributed by atoms with Crippen molar-refractivity contribution in [1.29, 1.82) is 0 Å². The number of carbonyl (C=O) groups excluding carboxylic acids is 2. The molecule has 0 bridgehead atoms. The van der Waals surface area contributed by atoms with E-state index in [-0.39, 0.29) is 24.3 Å². The third-order valence-electron chi connectivity index (χ3n) is 2.96. The lowest BCUT2D eigenvalue weighted by molar-refractivity contribution is -0.124. The smallest absolute Gasteiger partial charge is 0.246 e. The molecular formula is C13H16N2O2. The first-order chi connectivity index (χ1) is 8.02. The van der Waals surface area contributed by atoms with E-state index in [1.807, 2.05) is 38.1 Å². The van der Waals surface area contributed by atoms with Gasteiger partial charge in [0.1, 0.15) is 6.54 Å². The van der Waals surface area contributed by atoms with Crippen molar-refractivity contribution in [1.82, 2.24) is 0 Å². The largest absolute Gasteiger partial charge is 0.312 e. The number of amides is 2. The van der Waals surface area contributed by atoms with Gasteiger partial charge in [-0.3, -0.25) is 9.59 Å². The Morgan fingerprint density at radius 2 is 1.82 bits per heavy atom. The average Bonchev–Trinajstić information content (AvgIpc) is 2.33. The van der Waals surface area contributed by atoms with Crippen LogP contribution in [0.2, 0.25) is 0 Å². The highest BCUT2D eigenvalue weighted by molar-refractivity contribution is 6.11. The zero-order valence-electron chi connectivity index (χ0n) is 10.3. The third kappa shape index (κ3) is 1.90. The fraction of sp³-hybridized carbons (Fsp3) is 0.385. The van der Waals surface area contributed by atoms with E-state index in [1.165, 1.54) is 0 Å². The quantitative estimate of drug-likeness (QED) is 0.738. The molecule has 0 N–H and O–H groups in total. The topological polar surface area (TPSA) is 40.6 Å². The standard InChI is InChI=1S/C13H16N2O2/c1-9(2)13(17)15-8-12(16)14(3)10-6-4-5-7-11(10)15/h4-7,9H,8H2,1-3H3. The van der Waals surface area contributed by atoms with Gasteiger partial charge in [0, 0.05) is 13.0 Å². The monoisotopic (exact) mass is 232 g/mol. The number of fused-ring (bicyclic) bond motifs is 1. The van der Waals surface area contributed by atoms with E-state index >= 15 is 0 Å². The molecular weight excluding hydrogens is 216 g/mol. The summed E-state index contributed by atoms with van der Waals surface area (Å²) in [4.78, 5) is 27.1.